The molecule has 3 amide bonds. The topological polar surface area (TPSA) is 82.1 Å². The Bertz CT molecular complexity index is 761. The Morgan fingerprint density at radius 2 is 1.68 bits per heavy atom. The molecule has 1 heterocycles. The first-order valence-corrected chi connectivity index (χ1v) is 8.88. The minimum atomic E-state index is -0.684. The molecule has 2 N–H and O–H groups in total. The van der Waals surface area contributed by atoms with Gasteiger partial charge in [0.05, 0.1) is 0 Å². The summed E-state index contributed by atoms with van der Waals surface area (Å²) in [6, 6.07) is 18.1. The number of urea groups is 1. The van der Waals surface area contributed by atoms with Crippen LogP contribution in [-0.2, 0) is 4.79 Å². The lowest BCUT2D eigenvalue weighted by atomic mass is 10.3. The Labute approximate surface area is 170 Å². The largest absolute Gasteiger partial charge is 0.491 e. The lowest BCUT2D eigenvalue weighted by Crippen LogP contribution is -2.40. The molecule has 0 aromatic heterocycles. The molecular weight excluding hydrogens is 382 g/mol. The number of hydrogen-bond donors (Lipinski definition) is 2. The molecule has 7 nitrogen and oxygen atoms in total. The summed E-state index contributed by atoms with van der Waals surface area (Å²) >= 11 is 0. The molecule has 0 spiro atoms. The molecule has 1 saturated heterocycles. The molecule has 0 radical (unpaired) electrons. The molecule has 0 bridgehead atoms. The summed E-state index contributed by atoms with van der Waals surface area (Å²) in [7, 11) is 0. The third-order valence-electron chi connectivity index (χ3n) is 4.20. The number of halogens is 1. The predicted octanol–water partition coefficient (Wildman–Crippen LogP) is 1.91. The third-order valence-corrected chi connectivity index (χ3v) is 4.20. The highest BCUT2D eigenvalue weighted by molar-refractivity contribution is 6.12. The molecule has 1 fully saturated rings. The van der Waals surface area contributed by atoms with Gasteiger partial charge in [0.15, 0.2) is 0 Å². The van der Waals surface area contributed by atoms with Crippen molar-refractivity contribution < 1.29 is 19.4 Å². The highest BCUT2D eigenvalue weighted by Crippen LogP contribution is 2.20. The van der Waals surface area contributed by atoms with Gasteiger partial charge in [-0.1, -0.05) is 36.4 Å². The number of carbonyl (C=O) groups excluding carboxylic acids is 2. The average molecular weight is 406 g/mol. The van der Waals surface area contributed by atoms with Crippen LogP contribution in [-0.4, -0.2) is 60.8 Å². The molecule has 1 atom stereocenters. The van der Waals surface area contributed by atoms with Gasteiger partial charge in [-0.25, -0.2) is 4.79 Å². The maximum absolute atomic E-state index is 12.4. The van der Waals surface area contributed by atoms with Gasteiger partial charge in [-0.15, -0.1) is 12.4 Å². The molecule has 1 aliphatic rings. The molecule has 2 aromatic rings. The maximum Gasteiger partial charge on any atom is 0.331 e. The first-order valence-electron chi connectivity index (χ1n) is 8.88. The van der Waals surface area contributed by atoms with Crippen LogP contribution in [0.5, 0.6) is 5.75 Å². The van der Waals surface area contributed by atoms with E-state index in [4.69, 9.17) is 4.74 Å². The Kier molecular flexibility index (Phi) is 8.25. The summed E-state index contributed by atoms with van der Waals surface area (Å²) in [6.07, 6.45) is -0.684. The van der Waals surface area contributed by atoms with Gasteiger partial charge in [0.25, 0.3) is 5.91 Å². The minimum Gasteiger partial charge on any atom is -0.491 e. The number of para-hydroxylation sites is 2. The van der Waals surface area contributed by atoms with Crippen molar-refractivity contribution in [3.05, 3.63) is 60.7 Å². The first kappa shape index (κ1) is 21.7. The number of imide groups is 1. The first-order chi connectivity index (χ1) is 13.1. The highest BCUT2D eigenvalue weighted by atomic mass is 35.5. The van der Waals surface area contributed by atoms with Crippen LogP contribution in [0.1, 0.15) is 0 Å². The van der Waals surface area contributed by atoms with E-state index in [-0.39, 0.29) is 44.0 Å². The second kappa shape index (κ2) is 10.7. The molecule has 2 aromatic carbocycles. The number of aliphatic hydroxyl groups excluding tert-OH is 1. The van der Waals surface area contributed by atoms with Crippen molar-refractivity contribution in [1.82, 2.24) is 10.2 Å². The molecule has 8 heteroatoms. The van der Waals surface area contributed by atoms with Gasteiger partial charge in [0.1, 0.15) is 25.0 Å². The Hall–Kier alpha value is -2.61. The number of carbonyl (C=O) groups is 2. The van der Waals surface area contributed by atoms with Crippen LogP contribution < -0.4 is 15.0 Å². The number of aliphatic hydroxyl groups is 1. The van der Waals surface area contributed by atoms with Crippen LogP contribution in [0.3, 0.4) is 0 Å². The summed E-state index contributed by atoms with van der Waals surface area (Å²) in [5.74, 6) is 0.476. The summed E-state index contributed by atoms with van der Waals surface area (Å²) in [4.78, 5) is 27.3. The van der Waals surface area contributed by atoms with E-state index in [0.717, 1.165) is 0 Å². The molecule has 3 rings (SSSR count). The number of hydrogen-bond acceptors (Lipinski definition) is 5. The van der Waals surface area contributed by atoms with Crippen LogP contribution in [0, 0.1) is 0 Å². The monoisotopic (exact) mass is 405 g/mol. The van der Waals surface area contributed by atoms with E-state index >= 15 is 0 Å². The lowest BCUT2D eigenvalue weighted by molar-refractivity contribution is -0.124. The fourth-order valence-corrected chi connectivity index (χ4v) is 2.80. The van der Waals surface area contributed by atoms with E-state index in [9.17, 15) is 14.7 Å². The SMILES string of the molecule is Cl.O=C1CN(c2ccccc2)C(=O)N1CCNCC(O)COc1ccccc1. The zero-order chi connectivity index (χ0) is 19.1. The standard InChI is InChI=1S/C20H23N3O4.ClH/c24-17(15-27-18-9-5-2-6-10-18)13-21-11-12-22-19(25)14-23(20(22)26)16-7-3-1-4-8-16;/h1-10,17,21,24H,11-15H2;1H. The predicted molar refractivity (Wildman–Crippen MR) is 109 cm³/mol. The Morgan fingerprint density at radius 1 is 1.04 bits per heavy atom. The molecule has 0 saturated carbocycles. The van der Waals surface area contributed by atoms with E-state index in [1.54, 1.807) is 12.1 Å². The highest BCUT2D eigenvalue weighted by Gasteiger charge is 2.36. The molecular formula is C20H24ClN3O4. The van der Waals surface area contributed by atoms with Gasteiger partial charge < -0.3 is 15.2 Å². The molecule has 1 aliphatic heterocycles. The van der Waals surface area contributed by atoms with E-state index in [2.05, 4.69) is 5.32 Å². The quantitative estimate of drug-likeness (QED) is 0.492. The summed E-state index contributed by atoms with van der Waals surface area (Å²) < 4.78 is 5.48. The van der Waals surface area contributed by atoms with Crippen molar-refractivity contribution in [2.75, 3.05) is 37.7 Å². The summed E-state index contributed by atoms with van der Waals surface area (Å²) in [5, 5.41) is 13.0. The average Bonchev–Trinajstić information content (AvgIpc) is 2.99. The summed E-state index contributed by atoms with van der Waals surface area (Å²) in [5.41, 5.74) is 0.708. The zero-order valence-corrected chi connectivity index (χ0v) is 16.2. The normalized spacial score (nSPS) is 14.8. The van der Waals surface area contributed by atoms with Crippen LogP contribution in [0.4, 0.5) is 10.5 Å². The second-order valence-corrected chi connectivity index (χ2v) is 6.23. The number of amides is 3. The van der Waals surface area contributed by atoms with Gasteiger partial charge in [0, 0.05) is 25.3 Å². The van der Waals surface area contributed by atoms with Crippen molar-refractivity contribution in [3.63, 3.8) is 0 Å². The Morgan fingerprint density at radius 3 is 2.36 bits per heavy atom. The van der Waals surface area contributed by atoms with Gasteiger partial charge in [-0.2, -0.15) is 0 Å². The van der Waals surface area contributed by atoms with E-state index in [0.29, 0.717) is 24.5 Å². The lowest BCUT2D eigenvalue weighted by Gasteiger charge is -2.18. The minimum absolute atomic E-state index is 0. The van der Waals surface area contributed by atoms with Gasteiger partial charge >= 0.3 is 6.03 Å². The third kappa shape index (κ3) is 5.69. The van der Waals surface area contributed by atoms with Gasteiger partial charge in [-0.3, -0.25) is 14.6 Å². The van der Waals surface area contributed by atoms with E-state index in [1.807, 2.05) is 48.5 Å². The fourth-order valence-electron chi connectivity index (χ4n) is 2.80. The number of benzene rings is 2. The van der Waals surface area contributed by atoms with E-state index < -0.39 is 6.10 Å². The van der Waals surface area contributed by atoms with Crippen molar-refractivity contribution >= 4 is 30.0 Å². The molecule has 150 valence electrons. The van der Waals surface area contributed by atoms with E-state index in [1.165, 1.54) is 9.80 Å². The van der Waals surface area contributed by atoms with Crippen molar-refractivity contribution in [1.29, 1.82) is 0 Å². The number of rotatable bonds is 9. The van der Waals surface area contributed by atoms with Crippen LogP contribution >= 0.6 is 12.4 Å². The number of nitrogens with one attached hydrogen (secondary N) is 1. The summed E-state index contributed by atoms with van der Waals surface area (Å²) in [6.45, 7) is 1.19. The Balaban J connectivity index is 0.00000280. The maximum atomic E-state index is 12.4. The smallest absolute Gasteiger partial charge is 0.331 e. The second-order valence-electron chi connectivity index (χ2n) is 6.23. The number of nitrogens with zero attached hydrogens (tertiary/aromatic N) is 2. The molecule has 28 heavy (non-hydrogen) atoms. The van der Waals surface area contributed by atoms with Gasteiger partial charge in [0.2, 0.25) is 0 Å². The zero-order valence-electron chi connectivity index (χ0n) is 15.4. The van der Waals surface area contributed by atoms with Gasteiger partial charge in [-0.05, 0) is 24.3 Å². The number of anilines is 1. The van der Waals surface area contributed by atoms with Crippen molar-refractivity contribution in [2.24, 2.45) is 0 Å². The number of ether oxygens (including phenoxy) is 1. The van der Waals surface area contributed by atoms with Crippen molar-refractivity contribution in [2.45, 2.75) is 6.10 Å². The molecule has 0 aliphatic carbocycles. The van der Waals surface area contributed by atoms with Crippen molar-refractivity contribution in [3.8, 4) is 5.75 Å². The van der Waals surface area contributed by atoms with Crippen LogP contribution in [0.15, 0.2) is 60.7 Å². The van der Waals surface area contributed by atoms with Crippen LogP contribution in [0.25, 0.3) is 0 Å². The fraction of sp³-hybridized carbons (Fsp3) is 0.300. The van der Waals surface area contributed by atoms with Crippen LogP contribution in [0.2, 0.25) is 0 Å². The molecule has 1 unspecified atom stereocenters.